The smallest absolute Gasteiger partial charge is 0.329 e. The van der Waals surface area contributed by atoms with E-state index in [-0.39, 0.29) is 6.54 Å². The number of H-pyrrole nitrogens is 1. The Balaban J connectivity index is 2.69. The van der Waals surface area contributed by atoms with Crippen molar-refractivity contribution in [2.24, 2.45) is 0 Å². The number of unbranched alkanes of at least 4 members (excludes halogenated alkanes) is 2. The Morgan fingerprint density at radius 1 is 1.35 bits per heavy atom. The molecule has 1 heterocycles. The number of ether oxygens (including phenoxy) is 1. The van der Waals surface area contributed by atoms with Gasteiger partial charge in [-0.2, -0.15) is 4.39 Å². The summed E-state index contributed by atoms with van der Waals surface area (Å²) >= 11 is 5.33. The zero-order chi connectivity index (χ0) is 12.8. The number of nitrogens with one attached hydrogen (secondary N) is 1. The van der Waals surface area contributed by atoms with Crippen LogP contribution in [0.2, 0.25) is 5.15 Å². The molecular formula is C10H14ClFN2O3. The van der Waals surface area contributed by atoms with E-state index in [1.807, 2.05) is 0 Å². The van der Waals surface area contributed by atoms with Crippen molar-refractivity contribution in [3.05, 3.63) is 31.8 Å². The second-order valence-corrected chi connectivity index (χ2v) is 3.95. The summed E-state index contributed by atoms with van der Waals surface area (Å²) in [6.45, 7) is 0.798. The Kier molecular flexibility index (Phi) is 5.37. The van der Waals surface area contributed by atoms with E-state index in [0.717, 1.165) is 17.4 Å². The van der Waals surface area contributed by atoms with E-state index >= 15 is 0 Å². The quantitative estimate of drug-likeness (QED) is 0.619. The van der Waals surface area contributed by atoms with Gasteiger partial charge in [-0.3, -0.25) is 14.3 Å². The molecule has 0 aromatic carbocycles. The Morgan fingerprint density at radius 2 is 2.06 bits per heavy atom. The van der Waals surface area contributed by atoms with Gasteiger partial charge in [0.25, 0.3) is 5.56 Å². The molecule has 0 spiro atoms. The molecule has 1 aromatic rings. The summed E-state index contributed by atoms with van der Waals surface area (Å²) in [5.74, 6) is -1.12. The summed E-state index contributed by atoms with van der Waals surface area (Å²) in [6, 6.07) is 0. The second kappa shape index (κ2) is 6.56. The molecule has 0 atom stereocenters. The maximum atomic E-state index is 13.1. The van der Waals surface area contributed by atoms with Gasteiger partial charge in [0.2, 0.25) is 5.82 Å². The van der Waals surface area contributed by atoms with E-state index in [9.17, 15) is 14.0 Å². The van der Waals surface area contributed by atoms with Gasteiger partial charge in [0.1, 0.15) is 0 Å². The van der Waals surface area contributed by atoms with E-state index in [0.29, 0.717) is 13.0 Å². The van der Waals surface area contributed by atoms with Crippen LogP contribution in [0.15, 0.2) is 9.59 Å². The van der Waals surface area contributed by atoms with E-state index in [2.05, 4.69) is 4.98 Å². The lowest BCUT2D eigenvalue weighted by molar-refractivity contribution is 0.191. The molecule has 0 bridgehead atoms. The second-order valence-electron chi connectivity index (χ2n) is 3.57. The van der Waals surface area contributed by atoms with Gasteiger partial charge in [-0.25, -0.2) is 4.79 Å². The summed E-state index contributed by atoms with van der Waals surface area (Å²) in [5.41, 5.74) is -1.67. The predicted octanol–water partition coefficient (Wildman–Crippen LogP) is 1.15. The molecule has 96 valence electrons. The largest absolute Gasteiger partial charge is 0.385 e. The van der Waals surface area contributed by atoms with Gasteiger partial charge in [-0.05, 0) is 19.3 Å². The molecule has 0 aliphatic carbocycles. The highest BCUT2D eigenvalue weighted by molar-refractivity contribution is 6.29. The molecule has 5 nitrogen and oxygen atoms in total. The molecule has 0 saturated heterocycles. The van der Waals surface area contributed by atoms with Crippen LogP contribution in [0.3, 0.4) is 0 Å². The van der Waals surface area contributed by atoms with Crippen molar-refractivity contribution in [3.63, 3.8) is 0 Å². The Morgan fingerprint density at radius 3 is 2.71 bits per heavy atom. The summed E-state index contributed by atoms with van der Waals surface area (Å²) in [6.07, 6.45) is 2.23. The highest BCUT2D eigenvalue weighted by atomic mass is 35.5. The monoisotopic (exact) mass is 264 g/mol. The minimum absolute atomic E-state index is 0.173. The average Bonchev–Trinajstić information content (AvgIpc) is 2.30. The first-order chi connectivity index (χ1) is 8.07. The number of aromatic nitrogens is 2. The Hall–Kier alpha value is -1.14. The van der Waals surface area contributed by atoms with Crippen LogP contribution in [0.25, 0.3) is 0 Å². The van der Waals surface area contributed by atoms with E-state index in [1.165, 1.54) is 0 Å². The highest BCUT2D eigenvalue weighted by Gasteiger charge is 2.11. The summed E-state index contributed by atoms with van der Waals surface area (Å²) in [7, 11) is 1.60. The van der Waals surface area contributed by atoms with Crippen LogP contribution in [-0.2, 0) is 11.3 Å². The number of rotatable bonds is 6. The minimum atomic E-state index is -1.12. The van der Waals surface area contributed by atoms with Crippen LogP contribution < -0.4 is 11.2 Å². The lowest BCUT2D eigenvalue weighted by atomic mass is 10.2. The van der Waals surface area contributed by atoms with E-state index in [4.69, 9.17) is 16.3 Å². The molecule has 0 amide bonds. The first-order valence-electron chi connectivity index (χ1n) is 5.25. The molecule has 0 aliphatic heterocycles. The van der Waals surface area contributed by atoms with Crippen LogP contribution >= 0.6 is 11.6 Å². The van der Waals surface area contributed by atoms with Crippen LogP contribution in [-0.4, -0.2) is 23.3 Å². The molecule has 1 aromatic heterocycles. The standard InChI is InChI=1S/C10H14ClFN2O3/c1-17-6-4-2-3-5-14-9(15)7(12)8(11)13-10(14)16/h2-6H2,1H3,(H,13,16). The van der Waals surface area contributed by atoms with Crippen LogP contribution in [0.5, 0.6) is 0 Å². The van der Waals surface area contributed by atoms with Crippen molar-refractivity contribution in [1.82, 2.24) is 9.55 Å². The fraction of sp³-hybridized carbons (Fsp3) is 0.600. The van der Waals surface area contributed by atoms with Crippen molar-refractivity contribution < 1.29 is 9.13 Å². The van der Waals surface area contributed by atoms with Gasteiger partial charge in [0.15, 0.2) is 5.15 Å². The number of hydrogen-bond acceptors (Lipinski definition) is 3. The Bertz CT molecular complexity index is 483. The third-order valence-electron chi connectivity index (χ3n) is 2.32. The fourth-order valence-corrected chi connectivity index (χ4v) is 1.58. The zero-order valence-corrected chi connectivity index (χ0v) is 10.2. The van der Waals surface area contributed by atoms with Crippen LogP contribution in [0.1, 0.15) is 19.3 Å². The number of aromatic amines is 1. The molecule has 0 saturated carbocycles. The molecule has 7 heteroatoms. The first kappa shape index (κ1) is 13.9. The molecule has 0 fully saturated rings. The van der Waals surface area contributed by atoms with Crippen LogP contribution in [0.4, 0.5) is 4.39 Å². The topological polar surface area (TPSA) is 64.1 Å². The summed E-state index contributed by atoms with van der Waals surface area (Å²) < 4.78 is 18.8. The molecule has 0 radical (unpaired) electrons. The van der Waals surface area contributed by atoms with E-state index < -0.39 is 22.2 Å². The third kappa shape index (κ3) is 3.67. The molecule has 1 rings (SSSR count). The fourth-order valence-electron chi connectivity index (χ4n) is 1.42. The van der Waals surface area contributed by atoms with Crippen molar-refractivity contribution in [2.45, 2.75) is 25.8 Å². The highest BCUT2D eigenvalue weighted by Crippen LogP contribution is 2.03. The van der Waals surface area contributed by atoms with Crippen molar-refractivity contribution in [1.29, 1.82) is 0 Å². The molecule has 0 unspecified atom stereocenters. The number of halogens is 2. The normalized spacial score (nSPS) is 10.8. The van der Waals surface area contributed by atoms with Crippen LogP contribution in [0, 0.1) is 5.82 Å². The van der Waals surface area contributed by atoms with Gasteiger partial charge in [-0.15, -0.1) is 0 Å². The van der Waals surface area contributed by atoms with Gasteiger partial charge >= 0.3 is 5.69 Å². The SMILES string of the molecule is COCCCCCn1c(=O)[nH]c(Cl)c(F)c1=O. The first-order valence-corrected chi connectivity index (χ1v) is 5.62. The zero-order valence-electron chi connectivity index (χ0n) is 9.46. The number of nitrogens with zero attached hydrogens (tertiary/aromatic N) is 1. The van der Waals surface area contributed by atoms with Crippen molar-refractivity contribution >= 4 is 11.6 Å². The summed E-state index contributed by atoms with van der Waals surface area (Å²) in [5, 5.41) is -0.546. The number of hydrogen-bond donors (Lipinski definition) is 1. The summed E-state index contributed by atoms with van der Waals surface area (Å²) in [4.78, 5) is 24.8. The van der Waals surface area contributed by atoms with Gasteiger partial charge in [0, 0.05) is 20.3 Å². The van der Waals surface area contributed by atoms with Crippen molar-refractivity contribution in [3.8, 4) is 0 Å². The Labute approximate surface area is 102 Å². The molecule has 17 heavy (non-hydrogen) atoms. The average molecular weight is 265 g/mol. The molecule has 1 N–H and O–H groups in total. The van der Waals surface area contributed by atoms with E-state index in [1.54, 1.807) is 7.11 Å². The number of methoxy groups -OCH3 is 1. The predicted molar refractivity (Wildman–Crippen MR) is 62.0 cm³/mol. The minimum Gasteiger partial charge on any atom is -0.385 e. The third-order valence-corrected chi connectivity index (χ3v) is 2.58. The van der Waals surface area contributed by atoms with Gasteiger partial charge in [-0.1, -0.05) is 11.6 Å². The van der Waals surface area contributed by atoms with Crippen molar-refractivity contribution in [2.75, 3.05) is 13.7 Å². The maximum Gasteiger partial charge on any atom is 0.329 e. The van der Waals surface area contributed by atoms with Gasteiger partial charge < -0.3 is 4.74 Å². The lowest BCUT2D eigenvalue weighted by Gasteiger charge is -2.05. The van der Waals surface area contributed by atoms with Gasteiger partial charge in [0.05, 0.1) is 0 Å². The molecular weight excluding hydrogens is 251 g/mol. The maximum absolute atomic E-state index is 13.1. The molecule has 0 aliphatic rings. The lowest BCUT2D eigenvalue weighted by Crippen LogP contribution is -2.37.